The smallest absolute Gasteiger partial charge is 0.408 e. The molecule has 1 amide bonds. The van der Waals surface area contributed by atoms with Crippen LogP contribution in [-0.4, -0.2) is 49.8 Å². The van der Waals surface area contributed by atoms with Crippen molar-refractivity contribution < 1.29 is 28.5 Å². The van der Waals surface area contributed by atoms with E-state index in [4.69, 9.17) is 18.9 Å². The molecule has 21 heavy (non-hydrogen) atoms. The van der Waals surface area contributed by atoms with Gasteiger partial charge in [-0.15, -0.1) is 0 Å². The van der Waals surface area contributed by atoms with Gasteiger partial charge in [-0.05, 0) is 41.5 Å². The lowest BCUT2D eigenvalue weighted by Gasteiger charge is -2.27. The van der Waals surface area contributed by atoms with Gasteiger partial charge in [-0.25, -0.2) is 9.59 Å². The van der Waals surface area contributed by atoms with Crippen molar-refractivity contribution in [3.63, 3.8) is 0 Å². The number of rotatable bonds is 8. The molecule has 0 rings (SSSR count). The highest BCUT2D eigenvalue weighted by atomic mass is 16.7. The summed E-state index contributed by atoms with van der Waals surface area (Å²) in [6, 6.07) is -1.08. The second kappa shape index (κ2) is 9.57. The molecule has 0 saturated carbocycles. The Labute approximate surface area is 126 Å². The van der Waals surface area contributed by atoms with Gasteiger partial charge in [-0.2, -0.15) is 0 Å². The van der Waals surface area contributed by atoms with Gasteiger partial charge in [0, 0.05) is 13.2 Å². The fourth-order valence-corrected chi connectivity index (χ4v) is 1.47. The molecule has 0 aromatic heterocycles. The minimum absolute atomic E-state index is 0.191. The average molecular weight is 305 g/mol. The Bertz CT molecular complexity index is 320. The number of esters is 1. The summed E-state index contributed by atoms with van der Waals surface area (Å²) in [5, 5.41) is 2.44. The summed E-state index contributed by atoms with van der Waals surface area (Å²) < 4.78 is 20.8. The van der Waals surface area contributed by atoms with Crippen LogP contribution in [0.2, 0.25) is 0 Å². The van der Waals surface area contributed by atoms with E-state index in [-0.39, 0.29) is 6.61 Å². The summed E-state index contributed by atoms with van der Waals surface area (Å²) in [5.74, 6) is -0.629. The molecule has 0 aliphatic rings. The number of ether oxygens (including phenoxy) is 4. The second-order valence-electron chi connectivity index (χ2n) is 5.16. The molecular formula is C14H27NO6. The standard InChI is InChI=1S/C14H27NO6/c1-7-18-11(16)10(12(19-8-2)20-9-3)15-13(17)21-14(4,5)6/h10,12H,7-9H2,1-6H3,(H,15,17)/t10-/m1/s1. The summed E-state index contributed by atoms with van der Waals surface area (Å²) in [7, 11) is 0. The van der Waals surface area contributed by atoms with Gasteiger partial charge < -0.3 is 24.3 Å². The van der Waals surface area contributed by atoms with E-state index < -0.39 is 30.0 Å². The van der Waals surface area contributed by atoms with Crippen molar-refractivity contribution >= 4 is 12.1 Å². The second-order valence-corrected chi connectivity index (χ2v) is 5.16. The van der Waals surface area contributed by atoms with Crippen molar-refractivity contribution in [1.82, 2.24) is 5.32 Å². The fraction of sp³-hybridized carbons (Fsp3) is 0.857. The molecule has 0 aliphatic heterocycles. The lowest BCUT2D eigenvalue weighted by molar-refractivity contribution is -0.178. The fourth-order valence-electron chi connectivity index (χ4n) is 1.47. The van der Waals surface area contributed by atoms with Crippen LogP contribution < -0.4 is 5.32 Å². The predicted octanol–water partition coefficient (Wildman–Crippen LogP) is 1.84. The normalized spacial score (nSPS) is 12.9. The number of alkyl carbamates (subject to hydrolysis) is 1. The van der Waals surface area contributed by atoms with Crippen LogP contribution in [0.5, 0.6) is 0 Å². The number of hydrogen-bond donors (Lipinski definition) is 1. The largest absolute Gasteiger partial charge is 0.464 e. The van der Waals surface area contributed by atoms with Crippen LogP contribution in [0.1, 0.15) is 41.5 Å². The lowest BCUT2D eigenvalue weighted by Crippen LogP contribution is -2.52. The van der Waals surface area contributed by atoms with Gasteiger partial charge in [0.1, 0.15) is 5.60 Å². The molecule has 7 nitrogen and oxygen atoms in total. The summed E-state index contributed by atoms with van der Waals surface area (Å²) >= 11 is 0. The summed E-state index contributed by atoms with van der Waals surface area (Å²) in [4.78, 5) is 23.8. The maximum atomic E-state index is 12.0. The molecular weight excluding hydrogens is 278 g/mol. The van der Waals surface area contributed by atoms with Crippen molar-refractivity contribution in [1.29, 1.82) is 0 Å². The molecule has 1 N–H and O–H groups in total. The van der Waals surface area contributed by atoms with Gasteiger partial charge in [0.05, 0.1) is 6.61 Å². The number of carbonyl (C=O) groups excluding carboxylic acids is 2. The number of carbonyl (C=O) groups is 2. The Morgan fingerprint density at radius 1 is 1.00 bits per heavy atom. The maximum absolute atomic E-state index is 12.0. The molecule has 0 aromatic carbocycles. The van der Waals surface area contributed by atoms with Gasteiger partial charge >= 0.3 is 12.1 Å². The number of nitrogens with one attached hydrogen (secondary N) is 1. The van der Waals surface area contributed by atoms with E-state index in [9.17, 15) is 9.59 Å². The van der Waals surface area contributed by atoms with Crippen LogP contribution >= 0.6 is 0 Å². The molecule has 1 atom stereocenters. The molecule has 0 spiro atoms. The SMILES string of the molecule is CCOC(=O)[C@@H](NC(=O)OC(C)(C)C)C(OCC)OCC. The zero-order valence-electron chi connectivity index (χ0n) is 13.7. The molecule has 124 valence electrons. The summed E-state index contributed by atoms with van der Waals surface area (Å²) in [6.45, 7) is 11.3. The predicted molar refractivity (Wildman–Crippen MR) is 76.8 cm³/mol. The molecule has 0 aromatic rings. The first-order valence-corrected chi connectivity index (χ1v) is 7.14. The molecule has 0 unspecified atom stereocenters. The highest BCUT2D eigenvalue weighted by Gasteiger charge is 2.34. The van der Waals surface area contributed by atoms with E-state index >= 15 is 0 Å². The van der Waals surface area contributed by atoms with Crippen molar-refractivity contribution in [2.24, 2.45) is 0 Å². The van der Waals surface area contributed by atoms with Crippen LogP contribution in [0, 0.1) is 0 Å². The quantitative estimate of drug-likeness (QED) is 0.544. The Hall–Kier alpha value is -1.34. The molecule has 0 radical (unpaired) electrons. The summed E-state index contributed by atoms with van der Waals surface area (Å²) in [5.41, 5.74) is -0.671. The Balaban J connectivity index is 4.94. The molecule has 0 aliphatic carbocycles. The van der Waals surface area contributed by atoms with Crippen LogP contribution in [0.25, 0.3) is 0 Å². The first kappa shape index (κ1) is 19.7. The highest BCUT2D eigenvalue weighted by molar-refractivity contribution is 5.81. The topological polar surface area (TPSA) is 83.1 Å². The first-order valence-electron chi connectivity index (χ1n) is 7.14. The molecule has 0 heterocycles. The zero-order chi connectivity index (χ0) is 16.5. The van der Waals surface area contributed by atoms with E-state index in [2.05, 4.69) is 5.32 Å². The average Bonchev–Trinajstić information content (AvgIpc) is 2.34. The van der Waals surface area contributed by atoms with Crippen LogP contribution in [0.3, 0.4) is 0 Å². The van der Waals surface area contributed by atoms with Gasteiger partial charge in [0.2, 0.25) is 0 Å². The Morgan fingerprint density at radius 2 is 1.52 bits per heavy atom. The van der Waals surface area contributed by atoms with E-state index in [0.717, 1.165) is 0 Å². The summed E-state index contributed by atoms with van der Waals surface area (Å²) in [6.07, 6.45) is -1.66. The minimum atomic E-state index is -1.08. The first-order chi connectivity index (χ1) is 9.75. The van der Waals surface area contributed by atoms with Gasteiger partial charge in [0.25, 0.3) is 0 Å². The Kier molecular flexibility index (Phi) is 8.96. The van der Waals surface area contributed by atoms with E-state index in [1.807, 2.05) is 0 Å². The molecule has 7 heteroatoms. The van der Waals surface area contributed by atoms with Gasteiger partial charge in [-0.3, -0.25) is 0 Å². The Morgan fingerprint density at radius 3 is 1.90 bits per heavy atom. The van der Waals surface area contributed by atoms with Crippen molar-refractivity contribution in [3.8, 4) is 0 Å². The van der Waals surface area contributed by atoms with Gasteiger partial charge in [0.15, 0.2) is 12.3 Å². The van der Waals surface area contributed by atoms with Crippen LogP contribution in [0.15, 0.2) is 0 Å². The minimum Gasteiger partial charge on any atom is -0.464 e. The van der Waals surface area contributed by atoms with Crippen molar-refractivity contribution in [2.45, 2.75) is 59.5 Å². The monoisotopic (exact) mass is 305 g/mol. The highest BCUT2D eigenvalue weighted by Crippen LogP contribution is 2.10. The third kappa shape index (κ3) is 8.52. The number of amides is 1. The molecule has 0 saturated heterocycles. The van der Waals surface area contributed by atoms with Crippen molar-refractivity contribution in [2.75, 3.05) is 19.8 Å². The van der Waals surface area contributed by atoms with E-state index in [0.29, 0.717) is 13.2 Å². The molecule has 0 fully saturated rings. The van der Waals surface area contributed by atoms with Gasteiger partial charge in [-0.1, -0.05) is 0 Å². The van der Waals surface area contributed by atoms with E-state index in [1.54, 1.807) is 41.5 Å². The lowest BCUT2D eigenvalue weighted by atomic mass is 10.2. The molecule has 0 bridgehead atoms. The zero-order valence-corrected chi connectivity index (χ0v) is 13.7. The van der Waals surface area contributed by atoms with Crippen LogP contribution in [0.4, 0.5) is 4.79 Å². The third-order valence-electron chi connectivity index (χ3n) is 2.15. The number of hydrogen-bond acceptors (Lipinski definition) is 6. The van der Waals surface area contributed by atoms with Crippen molar-refractivity contribution in [3.05, 3.63) is 0 Å². The maximum Gasteiger partial charge on any atom is 0.408 e. The third-order valence-corrected chi connectivity index (χ3v) is 2.15. The van der Waals surface area contributed by atoms with E-state index in [1.165, 1.54) is 0 Å². The van der Waals surface area contributed by atoms with Crippen LogP contribution in [-0.2, 0) is 23.7 Å².